The summed E-state index contributed by atoms with van der Waals surface area (Å²) in [5, 5.41) is 0. The summed E-state index contributed by atoms with van der Waals surface area (Å²) in [6, 6.07) is 0. The molecule has 0 amide bonds. The van der Waals surface area contributed by atoms with Crippen molar-refractivity contribution in [3.8, 4) is 0 Å². The Kier molecular flexibility index (Phi) is 8.62. The Labute approximate surface area is 122 Å². The SMILES string of the molecule is CCC(C)OCCCCCCCN1CCCC(F)(F)C1. The van der Waals surface area contributed by atoms with Crippen molar-refractivity contribution in [3.05, 3.63) is 0 Å². The van der Waals surface area contributed by atoms with E-state index in [1.54, 1.807) is 0 Å². The van der Waals surface area contributed by atoms with Gasteiger partial charge in [0.05, 0.1) is 12.6 Å². The molecular weight excluding hydrogens is 260 g/mol. The van der Waals surface area contributed by atoms with Gasteiger partial charge in [-0.3, -0.25) is 4.90 Å². The van der Waals surface area contributed by atoms with Crippen LogP contribution in [0.1, 0.15) is 65.2 Å². The fourth-order valence-corrected chi connectivity index (χ4v) is 2.61. The van der Waals surface area contributed by atoms with Gasteiger partial charge in [0.2, 0.25) is 0 Å². The highest BCUT2D eigenvalue weighted by Gasteiger charge is 2.34. The van der Waals surface area contributed by atoms with E-state index in [9.17, 15) is 8.78 Å². The van der Waals surface area contributed by atoms with Crippen LogP contribution >= 0.6 is 0 Å². The Morgan fingerprint density at radius 2 is 1.85 bits per heavy atom. The van der Waals surface area contributed by atoms with Crippen molar-refractivity contribution >= 4 is 0 Å². The topological polar surface area (TPSA) is 12.5 Å². The minimum atomic E-state index is -2.45. The lowest BCUT2D eigenvalue weighted by molar-refractivity contribution is -0.0641. The fourth-order valence-electron chi connectivity index (χ4n) is 2.61. The first-order chi connectivity index (χ1) is 9.53. The number of halogens is 2. The predicted molar refractivity (Wildman–Crippen MR) is 79.4 cm³/mol. The van der Waals surface area contributed by atoms with Crippen LogP contribution in [0.15, 0.2) is 0 Å². The zero-order valence-electron chi connectivity index (χ0n) is 13.2. The molecule has 1 aliphatic heterocycles. The maximum absolute atomic E-state index is 13.2. The van der Waals surface area contributed by atoms with Gasteiger partial charge in [-0.05, 0) is 45.7 Å². The van der Waals surface area contributed by atoms with Crippen LogP contribution in [0.4, 0.5) is 8.78 Å². The summed E-state index contributed by atoms with van der Waals surface area (Å²) in [5.41, 5.74) is 0. The van der Waals surface area contributed by atoms with Crippen LogP contribution < -0.4 is 0 Å². The average molecular weight is 291 g/mol. The summed E-state index contributed by atoms with van der Waals surface area (Å²) in [5.74, 6) is -2.45. The number of alkyl halides is 2. The lowest BCUT2D eigenvalue weighted by Gasteiger charge is -2.32. The molecule has 1 atom stereocenters. The zero-order chi connectivity index (χ0) is 14.8. The minimum absolute atomic E-state index is 0.0320. The second kappa shape index (κ2) is 9.67. The lowest BCUT2D eigenvalue weighted by atomic mass is 10.1. The maximum atomic E-state index is 13.2. The standard InChI is InChI=1S/C16H31F2NO/c1-3-15(2)20-13-8-6-4-5-7-11-19-12-9-10-16(17,18)14-19/h15H,3-14H2,1-2H3. The normalized spacial score (nSPS) is 21.0. The molecule has 1 rings (SSSR count). The van der Waals surface area contributed by atoms with Gasteiger partial charge < -0.3 is 4.74 Å². The van der Waals surface area contributed by atoms with Crippen molar-refractivity contribution in [1.29, 1.82) is 0 Å². The van der Waals surface area contributed by atoms with Crippen LogP contribution in [0.2, 0.25) is 0 Å². The predicted octanol–water partition coefficient (Wildman–Crippen LogP) is 4.48. The number of hydrogen-bond donors (Lipinski definition) is 0. The van der Waals surface area contributed by atoms with Gasteiger partial charge in [0, 0.05) is 13.0 Å². The maximum Gasteiger partial charge on any atom is 0.260 e. The molecule has 4 heteroatoms. The van der Waals surface area contributed by atoms with Crippen molar-refractivity contribution in [1.82, 2.24) is 4.90 Å². The zero-order valence-corrected chi connectivity index (χ0v) is 13.2. The van der Waals surface area contributed by atoms with E-state index in [0.29, 0.717) is 12.5 Å². The van der Waals surface area contributed by atoms with E-state index in [1.807, 2.05) is 4.90 Å². The highest BCUT2D eigenvalue weighted by atomic mass is 19.3. The van der Waals surface area contributed by atoms with E-state index in [2.05, 4.69) is 13.8 Å². The molecule has 0 spiro atoms. The summed E-state index contributed by atoms with van der Waals surface area (Å²) in [6.07, 6.45) is 7.83. The van der Waals surface area contributed by atoms with Crippen LogP contribution in [-0.4, -0.2) is 43.2 Å². The molecular formula is C16H31F2NO. The Balaban J connectivity index is 1.90. The fraction of sp³-hybridized carbons (Fsp3) is 1.00. The number of piperidine rings is 1. The molecule has 0 aromatic carbocycles. The quantitative estimate of drug-likeness (QED) is 0.550. The Morgan fingerprint density at radius 1 is 1.15 bits per heavy atom. The summed E-state index contributed by atoms with van der Waals surface area (Å²) >= 11 is 0. The van der Waals surface area contributed by atoms with Gasteiger partial charge in [-0.1, -0.05) is 26.2 Å². The third-order valence-corrected chi connectivity index (χ3v) is 4.07. The molecule has 1 saturated heterocycles. The Morgan fingerprint density at radius 3 is 2.55 bits per heavy atom. The van der Waals surface area contributed by atoms with Gasteiger partial charge in [0.15, 0.2) is 0 Å². The van der Waals surface area contributed by atoms with E-state index in [1.165, 1.54) is 12.8 Å². The van der Waals surface area contributed by atoms with Crippen molar-refractivity contribution < 1.29 is 13.5 Å². The van der Waals surface area contributed by atoms with Gasteiger partial charge in [-0.15, -0.1) is 0 Å². The van der Waals surface area contributed by atoms with E-state index in [4.69, 9.17) is 4.74 Å². The van der Waals surface area contributed by atoms with Crippen LogP contribution in [0.5, 0.6) is 0 Å². The van der Waals surface area contributed by atoms with E-state index >= 15 is 0 Å². The number of rotatable bonds is 10. The lowest BCUT2D eigenvalue weighted by Crippen LogP contribution is -2.42. The number of ether oxygens (including phenoxy) is 1. The molecule has 0 radical (unpaired) electrons. The van der Waals surface area contributed by atoms with Crippen molar-refractivity contribution in [3.63, 3.8) is 0 Å². The average Bonchev–Trinajstić information content (AvgIpc) is 2.40. The first-order valence-electron chi connectivity index (χ1n) is 8.25. The van der Waals surface area contributed by atoms with Crippen LogP contribution in [0.25, 0.3) is 0 Å². The number of hydrogen-bond acceptors (Lipinski definition) is 2. The molecule has 1 unspecified atom stereocenters. The highest BCUT2D eigenvalue weighted by Crippen LogP contribution is 2.26. The first kappa shape index (κ1) is 17.8. The number of likely N-dealkylation sites (tertiary alicyclic amines) is 1. The summed E-state index contributed by atoms with van der Waals surface area (Å²) < 4.78 is 32.0. The van der Waals surface area contributed by atoms with E-state index in [-0.39, 0.29) is 13.0 Å². The molecule has 0 N–H and O–H groups in total. The summed E-state index contributed by atoms with van der Waals surface area (Å²) in [4.78, 5) is 1.93. The second-order valence-corrected chi connectivity index (χ2v) is 6.09. The molecule has 0 aromatic rings. The van der Waals surface area contributed by atoms with Gasteiger partial charge in [-0.2, -0.15) is 0 Å². The van der Waals surface area contributed by atoms with E-state index < -0.39 is 5.92 Å². The Hall–Kier alpha value is -0.220. The minimum Gasteiger partial charge on any atom is -0.379 e. The Bertz CT molecular complexity index is 249. The molecule has 1 heterocycles. The van der Waals surface area contributed by atoms with E-state index in [0.717, 1.165) is 45.4 Å². The van der Waals surface area contributed by atoms with Gasteiger partial charge >= 0.3 is 0 Å². The summed E-state index contributed by atoms with van der Waals surface area (Å²) in [6.45, 7) is 6.74. The van der Waals surface area contributed by atoms with Crippen molar-refractivity contribution in [2.45, 2.75) is 77.2 Å². The smallest absolute Gasteiger partial charge is 0.260 e. The molecule has 2 nitrogen and oxygen atoms in total. The van der Waals surface area contributed by atoms with Crippen molar-refractivity contribution in [2.75, 3.05) is 26.2 Å². The van der Waals surface area contributed by atoms with Crippen LogP contribution in [0.3, 0.4) is 0 Å². The molecule has 1 fully saturated rings. The molecule has 0 bridgehead atoms. The number of unbranched alkanes of at least 4 members (excludes halogenated alkanes) is 4. The molecule has 0 saturated carbocycles. The largest absolute Gasteiger partial charge is 0.379 e. The van der Waals surface area contributed by atoms with Crippen LogP contribution in [-0.2, 0) is 4.74 Å². The molecule has 20 heavy (non-hydrogen) atoms. The molecule has 0 aliphatic carbocycles. The summed E-state index contributed by atoms with van der Waals surface area (Å²) in [7, 11) is 0. The third kappa shape index (κ3) is 8.15. The third-order valence-electron chi connectivity index (χ3n) is 4.07. The monoisotopic (exact) mass is 291 g/mol. The molecule has 0 aromatic heterocycles. The highest BCUT2D eigenvalue weighted by molar-refractivity contribution is 4.78. The first-order valence-corrected chi connectivity index (χ1v) is 8.25. The van der Waals surface area contributed by atoms with Gasteiger partial charge in [-0.25, -0.2) is 8.78 Å². The van der Waals surface area contributed by atoms with Gasteiger partial charge in [0.25, 0.3) is 5.92 Å². The second-order valence-electron chi connectivity index (χ2n) is 6.09. The van der Waals surface area contributed by atoms with Gasteiger partial charge in [0.1, 0.15) is 0 Å². The number of nitrogens with zero attached hydrogens (tertiary/aromatic N) is 1. The molecule has 120 valence electrons. The van der Waals surface area contributed by atoms with Crippen molar-refractivity contribution in [2.24, 2.45) is 0 Å². The molecule has 1 aliphatic rings. The van der Waals surface area contributed by atoms with Crippen LogP contribution in [0, 0.1) is 0 Å².